The fourth-order valence-corrected chi connectivity index (χ4v) is 3.08. The van der Waals surface area contributed by atoms with Crippen LogP contribution in [-0.4, -0.2) is 44.2 Å². The van der Waals surface area contributed by atoms with Crippen molar-refractivity contribution in [3.05, 3.63) is 48.2 Å². The van der Waals surface area contributed by atoms with Crippen LogP contribution in [0.3, 0.4) is 0 Å². The van der Waals surface area contributed by atoms with Gasteiger partial charge in [-0.2, -0.15) is 0 Å². The maximum absolute atomic E-state index is 12.3. The summed E-state index contributed by atoms with van der Waals surface area (Å²) in [6.07, 6.45) is 3.03. The van der Waals surface area contributed by atoms with E-state index in [0.717, 1.165) is 30.9 Å². The Hall–Kier alpha value is -2.76. The number of aromatic nitrogens is 1. The summed E-state index contributed by atoms with van der Waals surface area (Å²) >= 11 is 0. The molecule has 1 amide bonds. The van der Waals surface area contributed by atoms with E-state index >= 15 is 0 Å². The molecule has 1 aromatic heterocycles. The number of benzene rings is 1. The Morgan fingerprint density at radius 2 is 2.08 bits per heavy atom. The first kappa shape index (κ1) is 17.1. The largest absolute Gasteiger partial charge is 0.493 e. The molecule has 2 aromatic rings. The molecular weight excluding hydrogens is 318 g/mol. The third-order valence-corrected chi connectivity index (χ3v) is 4.34. The Bertz CT molecular complexity index is 721. The number of anilines is 1. The number of methoxy groups -OCH3 is 2. The topological polar surface area (TPSA) is 63.7 Å². The fraction of sp³-hybridized carbons (Fsp3) is 0.368. The van der Waals surface area contributed by atoms with E-state index in [-0.39, 0.29) is 11.9 Å². The molecule has 0 saturated carbocycles. The van der Waals surface area contributed by atoms with Crippen molar-refractivity contribution < 1.29 is 14.3 Å². The van der Waals surface area contributed by atoms with Crippen LogP contribution in [0.1, 0.15) is 12.0 Å². The molecule has 0 unspecified atom stereocenters. The van der Waals surface area contributed by atoms with Crippen LogP contribution in [-0.2, 0) is 11.2 Å². The van der Waals surface area contributed by atoms with Crippen molar-refractivity contribution in [2.75, 3.05) is 32.2 Å². The second kappa shape index (κ2) is 7.88. The summed E-state index contributed by atoms with van der Waals surface area (Å²) in [6, 6.07) is 11.6. The molecule has 0 radical (unpaired) electrons. The van der Waals surface area contributed by atoms with Crippen LogP contribution in [0, 0.1) is 0 Å². The van der Waals surface area contributed by atoms with Crippen molar-refractivity contribution in [3.8, 4) is 11.5 Å². The van der Waals surface area contributed by atoms with Gasteiger partial charge in [-0.05, 0) is 36.2 Å². The number of carbonyl (C=O) groups is 1. The number of pyridine rings is 1. The van der Waals surface area contributed by atoms with Crippen molar-refractivity contribution >= 4 is 11.7 Å². The van der Waals surface area contributed by atoms with Gasteiger partial charge >= 0.3 is 0 Å². The number of rotatable bonds is 6. The van der Waals surface area contributed by atoms with E-state index in [1.54, 1.807) is 20.4 Å². The van der Waals surface area contributed by atoms with Gasteiger partial charge in [0.25, 0.3) is 0 Å². The Balaban J connectivity index is 1.55. The minimum Gasteiger partial charge on any atom is -0.493 e. The molecule has 6 nitrogen and oxygen atoms in total. The van der Waals surface area contributed by atoms with Gasteiger partial charge in [0, 0.05) is 25.3 Å². The SMILES string of the molecule is COc1ccc(CC(=O)N[C@H]2CCN(c3ccccn3)C2)cc1OC. The van der Waals surface area contributed by atoms with Crippen molar-refractivity contribution in [3.63, 3.8) is 0 Å². The molecule has 1 aromatic carbocycles. The summed E-state index contributed by atoms with van der Waals surface area (Å²) in [5.74, 6) is 2.27. The molecule has 1 fully saturated rings. The summed E-state index contributed by atoms with van der Waals surface area (Å²) in [6.45, 7) is 1.69. The predicted octanol–water partition coefficient (Wildman–Crippen LogP) is 2.04. The average Bonchev–Trinajstić information content (AvgIpc) is 3.10. The van der Waals surface area contributed by atoms with E-state index in [0.29, 0.717) is 17.9 Å². The van der Waals surface area contributed by atoms with Crippen LogP contribution in [0.25, 0.3) is 0 Å². The number of amides is 1. The van der Waals surface area contributed by atoms with Crippen LogP contribution in [0.5, 0.6) is 11.5 Å². The Morgan fingerprint density at radius 1 is 1.24 bits per heavy atom. The minimum absolute atomic E-state index is 0.0140. The molecule has 6 heteroatoms. The molecule has 1 aliphatic rings. The lowest BCUT2D eigenvalue weighted by Crippen LogP contribution is -2.38. The maximum atomic E-state index is 12.3. The van der Waals surface area contributed by atoms with Crippen LogP contribution < -0.4 is 19.7 Å². The monoisotopic (exact) mass is 341 g/mol. The lowest BCUT2D eigenvalue weighted by atomic mass is 10.1. The molecule has 1 atom stereocenters. The first-order valence-electron chi connectivity index (χ1n) is 8.36. The van der Waals surface area contributed by atoms with Gasteiger partial charge in [-0.1, -0.05) is 12.1 Å². The summed E-state index contributed by atoms with van der Waals surface area (Å²) in [5.41, 5.74) is 0.898. The highest BCUT2D eigenvalue weighted by atomic mass is 16.5. The lowest BCUT2D eigenvalue weighted by molar-refractivity contribution is -0.121. The summed E-state index contributed by atoms with van der Waals surface area (Å²) < 4.78 is 10.5. The van der Waals surface area contributed by atoms with E-state index < -0.39 is 0 Å². The van der Waals surface area contributed by atoms with Gasteiger partial charge in [0.1, 0.15) is 5.82 Å². The zero-order valence-corrected chi connectivity index (χ0v) is 14.6. The number of ether oxygens (including phenoxy) is 2. The number of hydrogen-bond donors (Lipinski definition) is 1. The van der Waals surface area contributed by atoms with Crippen LogP contribution >= 0.6 is 0 Å². The number of nitrogens with one attached hydrogen (secondary N) is 1. The van der Waals surface area contributed by atoms with Gasteiger partial charge in [-0.25, -0.2) is 4.98 Å². The Kier molecular flexibility index (Phi) is 5.38. The van der Waals surface area contributed by atoms with E-state index in [1.165, 1.54) is 0 Å². The van der Waals surface area contributed by atoms with Gasteiger partial charge in [0.15, 0.2) is 11.5 Å². The normalized spacial score (nSPS) is 16.6. The van der Waals surface area contributed by atoms with E-state index in [2.05, 4.69) is 15.2 Å². The van der Waals surface area contributed by atoms with Crippen molar-refractivity contribution in [1.29, 1.82) is 0 Å². The first-order valence-corrected chi connectivity index (χ1v) is 8.36. The number of carbonyl (C=O) groups excluding carboxylic acids is 1. The van der Waals surface area contributed by atoms with Gasteiger partial charge in [-0.15, -0.1) is 0 Å². The molecule has 2 heterocycles. The highest BCUT2D eigenvalue weighted by Gasteiger charge is 2.24. The van der Waals surface area contributed by atoms with Crippen LogP contribution in [0.15, 0.2) is 42.6 Å². The van der Waals surface area contributed by atoms with Gasteiger partial charge < -0.3 is 19.7 Å². The Morgan fingerprint density at radius 3 is 2.80 bits per heavy atom. The number of hydrogen-bond acceptors (Lipinski definition) is 5. The van der Waals surface area contributed by atoms with Gasteiger partial charge in [-0.3, -0.25) is 4.79 Å². The molecule has 25 heavy (non-hydrogen) atoms. The molecule has 0 spiro atoms. The van der Waals surface area contributed by atoms with Crippen molar-refractivity contribution in [2.24, 2.45) is 0 Å². The molecular formula is C19H23N3O3. The predicted molar refractivity (Wildman–Crippen MR) is 96.2 cm³/mol. The van der Waals surface area contributed by atoms with Crippen LogP contribution in [0.4, 0.5) is 5.82 Å². The minimum atomic E-state index is 0.0140. The third-order valence-electron chi connectivity index (χ3n) is 4.34. The van der Waals surface area contributed by atoms with Crippen molar-refractivity contribution in [2.45, 2.75) is 18.9 Å². The van der Waals surface area contributed by atoms with Crippen molar-refractivity contribution in [1.82, 2.24) is 10.3 Å². The molecule has 1 aliphatic heterocycles. The molecule has 0 aliphatic carbocycles. The first-order chi connectivity index (χ1) is 12.2. The highest BCUT2D eigenvalue weighted by Crippen LogP contribution is 2.27. The fourth-order valence-electron chi connectivity index (χ4n) is 3.08. The second-order valence-electron chi connectivity index (χ2n) is 6.05. The summed E-state index contributed by atoms with van der Waals surface area (Å²) in [5, 5.41) is 3.11. The van der Waals surface area contributed by atoms with Gasteiger partial charge in [0.05, 0.1) is 20.6 Å². The Labute approximate surface area is 147 Å². The molecule has 0 bridgehead atoms. The quantitative estimate of drug-likeness (QED) is 0.871. The van der Waals surface area contributed by atoms with E-state index in [9.17, 15) is 4.79 Å². The highest BCUT2D eigenvalue weighted by molar-refractivity contribution is 5.79. The van der Waals surface area contributed by atoms with E-state index in [4.69, 9.17) is 9.47 Å². The maximum Gasteiger partial charge on any atom is 0.224 e. The standard InChI is InChI=1S/C19H23N3O3/c1-24-16-7-6-14(11-17(16)25-2)12-19(23)21-15-8-10-22(13-15)18-5-3-4-9-20-18/h3-7,9,11,15H,8,10,12-13H2,1-2H3,(H,21,23)/t15-/m0/s1. The van der Waals surface area contributed by atoms with Crippen LogP contribution in [0.2, 0.25) is 0 Å². The summed E-state index contributed by atoms with van der Waals surface area (Å²) in [7, 11) is 3.18. The molecule has 1 N–H and O–H groups in total. The zero-order valence-electron chi connectivity index (χ0n) is 14.6. The molecule has 132 valence electrons. The summed E-state index contributed by atoms with van der Waals surface area (Å²) in [4.78, 5) is 18.9. The third kappa shape index (κ3) is 4.21. The van der Waals surface area contributed by atoms with E-state index in [1.807, 2.05) is 36.4 Å². The zero-order chi connectivity index (χ0) is 17.6. The average molecular weight is 341 g/mol. The molecule has 3 rings (SSSR count). The smallest absolute Gasteiger partial charge is 0.224 e. The van der Waals surface area contributed by atoms with Gasteiger partial charge in [0.2, 0.25) is 5.91 Å². The molecule has 1 saturated heterocycles. The lowest BCUT2D eigenvalue weighted by Gasteiger charge is -2.17. The second-order valence-corrected chi connectivity index (χ2v) is 6.05. The number of nitrogens with zero attached hydrogens (tertiary/aromatic N) is 2.